The highest BCUT2D eigenvalue weighted by Gasteiger charge is 2.20. The molecule has 3 rings (SSSR count). The number of aromatic nitrogens is 2. The number of ether oxygens (including phenoxy) is 1. The first-order valence-corrected chi connectivity index (χ1v) is 11.7. The van der Waals surface area contributed by atoms with Crippen molar-refractivity contribution in [3.63, 3.8) is 0 Å². The summed E-state index contributed by atoms with van der Waals surface area (Å²) >= 11 is 0. The van der Waals surface area contributed by atoms with Gasteiger partial charge in [0, 0.05) is 38.9 Å². The standard InChI is InChI=1S/C25H40N6O/c1-18(15-24-19(2)29-30(5)20(24)3)28-25(26-4)27-16-21-11-13-31(14-12-21)17-22-7-9-23(32-6)10-8-22/h7-10,18,21H,11-17H2,1-6H3,(H2,26,27,28). The molecule has 0 bridgehead atoms. The fourth-order valence-corrected chi connectivity index (χ4v) is 4.48. The van der Waals surface area contributed by atoms with Gasteiger partial charge in [-0.05, 0) is 82.3 Å². The fraction of sp³-hybridized carbons (Fsp3) is 0.600. The molecule has 0 spiro atoms. The van der Waals surface area contributed by atoms with Crippen molar-refractivity contribution in [2.24, 2.45) is 18.0 Å². The average molecular weight is 441 g/mol. The number of nitrogens with one attached hydrogen (secondary N) is 2. The second kappa shape index (κ2) is 11.4. The van der Waals surface area contributed by atoms with Gasteiger partial charge < -0.3 is 15.4 Å². The van der Waals surface area contributed by atoms with Crippen molar-refractivity contribution >= 4 is 5.96 Å². The van der Waals surface area contributed by atoms with E-state index in [0.717, 1.165) is 50.0 Å². The normalized spacial score (nSPS) is 16.8. The molecule has 1 aromatic heterocycles. The van der Waals surface area contributed by atoms with E-state index in [1.54, 1.807) is 7.11 Å². The monoisotopic (exact) mass is 440 g/mol. The average Bonchev–Trinajstić information content (AvgIpc) is 3.04. The maximum absolute atomic E-state index is 5.25. The molecular weight excluding hydrogens is 400 g/mol. The maximum Gasteiger partial charge on any atom is 0.191 e. The van der Waals surface area contributed by atoms with Gasteiger partial charge in [-0.3, -0.25) is 14.6 Å². The summed E-state index contributed by atoms with van der Waals surface area (Å²) in [7, 11) is 5.56. The summed E-state index contributed by atoms with van der Waals surface area (Å²) < 4.78 is 7.22. The summed E-state index contributed by atoms with van der Waals surface area (Å²) in [5, 5.41) is 11.6. The second-order valence-corrected chi connectivity index (χ2v) is 9.04. The second-order valence-electron chi connectivity index (χ2n) is 9.04. The zero-order valence-electron chi connectivity index (χ0n) is 20.6. The van der Waals surface area contributed by atoms with Gasteiger partial charge in [0.05, 0.1) is 12.8 Å². The Morgan fingerprint density at radius 2 is 1.91 bits per heavy atom. The Bertz CT molecular complexity index is 881. The lowest BCUT2D eigenvalue weighted by molar-refractivity contribution is 0.178. The van der Waals surface area contributed by atoms with Gasteiger partial charge in [-0.25, -0.2) is 0 Å². The maximum atomic E-state index is 5.25. The van der Waals surface area contributed by atoms with Crippen LogP contribution in [-0.4, -0.2) is 60.5 Å². The van der Waals surface area contributed by atoms with Gasteiger partial charge in [0.15, 0.2) is 5.96 Å². The van der Waals surface area contributed by atoms with Gasteiger partial charge in [-0.15, -0.1) is 0 Å². The van der Waals surface area contributed by atoms with Gasteiger partial charge >= 0.3 is 0 Å². The largest absolute Gasteiger partial charge is 0.497 e. The summed E-state index contributed by atoms with van der Waals surface area (Å²) in [5.74, 6) is 2.48. The Kier molecular flexibility index (Phi) is 8.56. The van der Waals surface area contributed by atoms with Crippen molar-refractivity contribution in [2.45, 2.75) is 52.6 Å². The molecule has 7 nitrogen and oxygen atoms in total. The number of aryl methyl sites for hydroxylation is 2. The summed E-state index contributed by atoms with van der Waals surface area (Å²) in [6.45, 7) is 10.7. The van der Waals surface area contributed by atoms with Crippen LogP contribution in [0, 0.1) is 19.8 Å². The summed E-state index contributed by atoms with van der Waals surface area (Å²) in [6, 6.07) is 8.70. The van der Waals surface area contributed by atoms with E-state index in [0.29, 0.717) is 5.92 Å². The Morgan fingerprint density at radius 3 is 2.47 bits per heavy atom. The van der Waals surface area contributed by atoms with Gasteiger partial charge in [0.1, 0.15) is 5.75 Å². The minimum Gasteiger partial charge on any atom is -0.497 e. The summed E-state index contributed by atoms with van der Waals surface area (Å²) in [4.78, 5) is 6.99. The van der Waals surface area contributed by atoms with Crippen LogP contribution in [0.1, 0.15) is 42.3 Å². The lowest BCUT2D eigenvalue weighted by Gasteiger charge is -2.32. The van der Waals surface area contributed by atoms with Gasteiger partial charge in [0.25, 0.3) is 0 Å². The van der Waals surface area contributed by atoms with Crippen molar-refractivity contribution in [2.75, 3.05) is 33.8 Å². The van der Waals surface area contributed by atoms with Crippen LogP contribution in [0.5, 0.6) is 5.75 Å². The van der Waals surface area contributed by atoms with E-state index in [1.807, 2.05) is 30.9 Å². The third-order valence-electron chi connectivity index (χ3n) is 6.61. The molecule has 0 saturated carbocycles. The highest BCUT2D eigenvalue weighted by atomic mass is 16.5. The Hall–Kier alpha value is -2.54. The predicted molar refractivity (Wildman–Crippen MR) is 131 cm³/mol. The molecule has 1 aliphatic heterocycles. The Morgan fingerprint density at radius 1 is 1.22 bits per heavy atom. The predicted octanol–water partition coefficient (Wildman–Crippen LogP) is 3.05. The summed E-state index contributed by atoms with van der Waals surface area (Å²) in [5.41, 5.74) is 5.02. The van der Waals surface area contributed by atoms with E-state index in [1.165, 1.54) is 29.7 Å². The molecule has 0 radical (unpaired) electrons. The lowest BCUT2D eigenvalue weighted by atomic mass is 9.96. The first kappa shape index (κ1) is 24.1. The fourth-order valence-electron chi connectivity index (χ4n) is 4.48. The van der Waals surface area contributed by atoms with E-state index < -0.39 is 0 Å². The van der Waals surface area contributed by atoms with E-state index in [-0.39, 0.29) is 6.04 Å². The molecule has 1 aliphatic rings. The first-order valence-electron chi connectivity index (χ1n) is 11.7. The van der Waals surface area contributed by atoms with Gasteiger partial charge in [-0.2, -0.15) is 5.10 Å². The molecule has 1 saturated heterocycles. The van der Waals surface area contributed by atoms with Crippen LogP contribution in [0.3, 0.4) is 0 Å². The van der Waals surface area contributed by atoms with Crippen molar-refractivity contribution in [1.82, 2.24) is 25.3 Å². The minimum atomic E-state index is 0.286. The number of benzene rings is 1. The van der Waals surface area contributed by atoms with Gasteiger partial charge in [0.2, 0.25) is 0 Å². The molecule has 0 aliphatic carbocycles. The minimum absolute atomic E-state index is 0.286. The van der Waals surface area contributed by atoms with Crippen LogP contribution in [0.2, 0.25) is 0 Å². The Balaban J connectivity index is 1.39. The van der Waals surface area contributed by atoms with E-state index in [4.69, 9.17) is 4.74 Å². The highest BCUT2D eigenvalue weighted by molar-refractivity contribution is 5.79. The number of hydrogen-bond acceptors (Lipinski definition) is 4. The number of rotatable bonds is 8. The highest BCUT2D eigenvalue weighted by Crippen LogP contribution is 2.20. The van der Waals surface area contributed by atoms with Crippen LogP contribution in [-0.2, 0) is 20.0 Å². The lowest BCUT2D eigenvalue weighted by Crippen LogP contribution is -2.46. The van der Waals surface area contributed by atoms with Crippen molar-refractivity contribution in [3.05, 3.63) is 46.8 Å². The third-order valence-corrected chi connectivity index (χ3v) is 6.61. The number of guanidine groups is 1. The molecular formula is C25H40N6O. The van der Waals surface area contributed by atoms with Gasteiger partial charge in [-0.1, -0.05) is 12.1 Å². The van der Waals surface area contributed by atoms with Crippen LogP contribution in [0.4, 0.5) is 0 Å². The number of nitrogens with zero attached hydrogens (tertiary/aromatic N) is 4. The Labute approximate surface area is 193 Å². The van der Waals surface area contributed by atoms with Crippen molar-refractivity contribution in [3.8, 4) is 5.75 Å². The topological polar surface area (TPSA) is 66.7 Å². The quantitative estimate of drug-likeness (QED) is 0.488. The first-order chi connectivity index (χ1) is 15.4. The smallest absolute Gasteiger partial charge is 0.191 e. The molecule has 1 unspecified atom stereocenters. The van der Waals surface area contributed by atoms with Crippen LogP contribution < -0.4 is 15.4 Å². The number of piperidine rings is 1. The molecule has 7 heteroatoms. The van der Waals surface area contributed by atoms with E-state index in [9.17, 15) is 0 Å². The molecule has 2 N–H and O–H groups in total. The zero-order chi connectivity index (χ0) is 23.1. The molecule has 0 amide bonds. The summed E-state index contributed by atoms with van der Waals surface area (Å²) in [6.07, 6.45) is 3.36. The number of aliphatic imine (C=N–C) groups is 1. The van der Waals surface area contributed by atoms with E-state index >= 15 is 0 Å². The molecule has 2 heterocycles. The molecule has 2 aromatic rings. The molecule has 1 aromatic carbocycles. The van der Waals surface area contributed by atoms with Crippen LogP contribution >= 0.6 is 0 Å². The molecule has 1 fully saturated rings. The van der Waals surface area contributed by atoms with Crippen molar-refractivity contribution < 1.29 is 4.74 Å². The molecule has 32 heavy (non-hydrogen) atoms. The molecule has 176 valence electrons. The van der Waals surface area contributed by atoms with E-state index in [2.05, 4.69) is 58.5 Å². The third kappa shape index (κ3) is 6.48. The molecule has 1 atom stereocenters. The van der Waals surface area contributed by atoms with Crippen LogP contribution in [0.15, 0.2) is 29.3 Å². The zero-order valence-corrected chi connectivity index (χ0v) is 20.6. The van der Waals surface area contributed by atoms with Crippen molar-refractivity contribution in [1.29, 1.82) is 0 Å². The van der Waals surface area contributed by atoms with Crippen LogP contribution in [0.25, 0.3) is 0 Å². The number of hydrogen-bond donors (Lipinski definition) is 2. The number of methoxy groups -OCH3 is 1. The number of likely N-dealkylation sites (tertiary alicyclic amines) is 1. The SMILES string of the molecule is CN=C(NCC1CCN(Cc2ccc(OC)cc2)CC1)NC(C)Cc1c(C)nn(C)c1C.